The largest absolute Gasteiger partial charge is 0.324 e. The lowest BCUT2D eigenvalue weighted by Gasteiger charge is -2.10. The van der Waals surface area contributed by atoms with E-state index in [0.29, 0.717) is 16.3 Å². The molecule has 0 radical (unpaired) electrons. The van der Waals surface area contributed by atoms with Crippen LogP contribution < -0.4 is 5.32 Å². The summed E-state index contributed by atoms with van der Waals surface area (Å²) in [4.78, 5) is 16.0. The van der Waals surface area contributed by atoms with Gasteiger partial charge in [0.05, 0.1) is 18.3 Å². The van der Waals surface area contributed by atoms with Gasteiger partial charge in [0.1, 0.15) is 6.54 Å². The maximum absolute atomic E-state index is 11.8. The Labute approximate surface area is 123 Å². The number of carbonyl (C=O) groups excluding carboxylic acids is 1. The van der Waals surface area contributed by atoms with Crippen molar-refractivity contribution >= 4 is 28.9 Å². The molecule has 1 N–H and O–H groups in total. The number of benzodiazepines with no additional fused rings is 1. The van der Waals surface area contributed by atoms with Crippen molar-refractivity contribution in [1.29, 1.82) is 0 Å². The molecule has 0 aliphatic carbocycles. The Morgan fingerprint density at radius 2 is 2.05 bits per heavy atom. The van der Waals surface area contributed by atoms with Gasteiger partial charge in [0, 0.05) is 16.1 Å². The Kier molecular flexibility index (Phi) is 1.91. The van der Waals surface area contributed by atoms with Crippen LogP contribution in [0.5, 0.6) is 0 Å². The first-order valence-electron chi connectivity index (χ1n) is 8.02. The van der Waals surface area contributed by atoms with Crippen LogP contribution in [0.2, 0.25) is 5.02 Å². The van der Waals surface area contributed by atoms with E-state index in [9.17, 15) is 4.79 Å². The van der Waals surface area contributed by atoms with Crippen LogP contribution in [-0.2, 0) is 4.79 Å². The van der Waals surface area contributed by atoms with Crippen molar-refractivity contribution in [2.75, 3.05) is 11.9 Å². The summed E-state index contributed by atoms with van der Waals surface area (Å²) in [6.45, 7) is -0.218. The highest BCUT2D eigenvalue weighted by atomic mass is 35.5. The number of anilines is 1. The summed E-state index contributed by atoms with van der Waals surface area (Å²) in [5.41, 5.74) is 0.920. The van der Waals surface area contributed by atoms with Gasteiger partial charge in [0.25, 0.3) is 0 Å². The first kappa shape index (κ1) is 7.46. The van der Waals surface area contributed by atoms with Gasteiger partial charge in [0.2, 0.25) is 5.91 Å². The fourth-order valence-electron chi connectivity index (χ4n) is 1.83. The molecule has 1 aliphatic rings. The molecule has 3 nitrogen and oxygen atoms in total. The summed E-state index contributed by atoms with van der Waals surface area (Å²) in [5.74, 6) is -0.360. The summed E-state index contributed by atoms with van der Waals surface area (Å²) in [6.07, 6.45) is 0. The molecule has 3 rings (SSSR count). The molecule has 19 heavy (non-hydrogen) atoms. The lowest BCUT2D eigenvalue weighted by molar-refractivity contribution is -0.114. The highest BCUT2D eigenvalue weighted by Crippen LogP contribution is 2.25. The maximum atomic E-state index is 11.8. The smallest absolute Gasteiger partial charge is 0.246 e. The molecule has 2 aromatic carbocycles. The number of aliphatic imine (C=N–C) groups is 1. The molecular weight excluding hydrogens is 260 g/mol. The minimum absolute atomic E-state index is 0.0546. The van der Waals surface area contributed by atoms with Gasteiger partial charge >= 0.3 is 0 Å². The van der Waals surface area contributed by atoms with Gasteiger partial charge in [-0.2, -0.15) is 0 Å². The van der Waals surface area contributed by atoms with Crippen molar-refractivity contribution in [3.8, 4) is 0 Å². The number of nitrogens with zero attached hydrogens (tertiary/aromatic N) is 1. The van der Waals surface area contributed by atoms with Crippen molar-refractivity contribution in [2.45, 2.75) is 0 Å². The van der Waals surface area contributed by atoms with Crippen LogP contribution in [0, 0.1) is 0 Å². The van der Waals surface area contributed by atoms with E-state index in [1.54, 1.807) is 18.2 Å². The second kappa shape index (κ2) is 4.86. The quantitative estimate of drug-likeness (QED) is 0.853. The Morgan fingerprint density at radius 1 is 1.26 bits per heavy atom. The molecule has 0 saturated heterocycles. The molecule has 0 aromatic heterocycles. The molecule has 0 fully saturated rings. The van der Waals surface area contributed by atoms with E-state index in [2.05, 4.69) is 10.3 Å². The van der Waals surface area contributed by atoms with Gasteiger partial charge in [-0.1, -0.05) is 41.8 Å². The van der Waals surface area contributed by atoms with E-state index in [-0.39, 0.29) is 35.8 Å². The number of halogens is 1. The normalized spacial score (nSPS) is 17.8. The lowest BCUT2D eigenvalue weighted by Crippen LogP contribution is -2.13. The van der Waals surface area contributed by atoms with Crippen LogP contribution in [0.15, 0.2) is 53.4 Å². The number of hydrogen-bond donors (Lipinski definition) is 1. The van der Waals surface area contributed by atoms with E-state index >= 15 is 0 Å². The highest BCUT2D eigenvalue weighted by Gasteiger charge is 2.17. The SMILES string of the molecule is [2H]c1c([2H])c([2H])c(C2=NCC(=O)Nc3ccc(Cl)cc32)c([2H])c1[2H]. The predicted octanol–water partition coefficient (Wildman–Crippen LogP) is 3.13. The molecule has 0 bridgehead atoms. The van der Waals surface area contributed by atoms with Gasteiger partial charge in [-0.3, -0.25) is 9.79 Å². The van der Waals surface area contributed by atoms with Crippen molar-refractivity contribution in [1.82, 2.24) is 0 Å². The van der Waals surface area contributed by atoms with Crippen molar-refractivity contribution < 1.29 is 11.6 Å². The number of fused-ring (bicyclic) bond motifs is 1. The van der Waals surface area contributed by atoms with E-state index in [0.717, 1.165) is 0 Å². The number of hydrogen-bond acceptors (Lipinski definition) is 2. The maximum Gasteiger partial charge on any atom is 0.246 e. The molecule has 0 unspecified atom stereocenters. The van der Waals surface area contributed by atoms with Crippen LogP contribution in [0.1, 0.15) is 18.0 Å². The summed E-state index contributed by atoms with van der Waals surface area (Å²) in [6, 6.07) is 2.57. The minimum Gasteiger partial charge on any atom is -0.324 e. The zero-order valence-corrected chi connectivity index (χ0v) is 10.4. The highest BCUT2D eigenvalue weighted by molar-refractivity contribution is 6.31. The molecule has 94 valence electrons. The molecule has 1 aliphatic heterocycles. The first-order valence-corrected chi connectivity index (χ1v) is 5.90. The topological polar surface area (TPSA) is 41.5 Å². The van der Waals surface area contributed by atoms with Crippen molar-refractivity contribution in [3.05, 3.63) is 64.6 Å². The van der Waals surface area contributed by atoms with Crippen LogP contribution in [0.3, 0.4) is 0 Å². The van der Waals surface area contributed by atoms with Gasteiger partial charge in [-0.05, 0) is 18.2 Å². The summed E-state index contributed by atoms with van der Waals surface area (Å²) in [5, 5.41) is 3.04. The number of amides is 1. The van der Waals surface area contributed by atoms with Crippen molar-refractivity contribution in [2.24, 2.45) is 4.99 Å². The van der Waals surface area contributed by atoms with E-state index in [4.69, 9.17) is 18.5 Å². The fourth-order valence-corrected chi connectivity index (χ4v) is 2.00. The monoisotopic (exact) mass is 275 g/mol. The Hall–Kier alpha value is -2.13. The third kappa shape index (κ3) is 2.37. The second-order valence-corrected chi connectivity index (χ2v) is 4.34. The van der Waals surface area contributed by atoms with E-state index in [1.165, 1.54) is 0 Å². The molecule has 0 spiro atoms. The Balaban J connectivity index is 2.35. The van der Waals surface area contributed by atoms with Gasteiger partial charge < -0.3 is 5.32 Å². The van der Waals surface area contributed by atoms with E-state index < -0.39 is 18.1 Å². The second-order valence-electron chi connectivity index (χ2n) is 3.90. The van der Waals surface area contributed by atoms with Gasteiger partial charge in [-0.25, -0.2) is 0 Å². The Morgan fingerprint density at radius 3 is 2.84 bits per heavy atom. The molecule has 1 amide bonds. The third-order valence-electron chi connectivity index (χ3n) is 2.63. The van der Waals surface area contributed by atoms with E-state index in [1.807, 2.05) is 0 Å². The third-order valence-corrected chi connectivity index (χ3v) is 2.86. The first-order chi connectivity index (χ1) is 11.3. The average molecular weight is 276 g/mol. The number of carbonyl (C=O) groups is 1. The average Bonchev–Trinajstić information content (AvgIpc) is 2.70. The number of benzene rings is 2. The zero-order chi connectivity index (χ0) is 17.6. The van der Waals surface area contributed by atoms with Gasteiger partial charge in [0.15, 0.2) is 0 Å². The summed E-state index contributed by atoms with van der Waals surface area (Å²) < 4.78 is 39.5. The van der Waals surface area contributed by atoms with Crippen LogP contribution in [0.25, 0.3) is 0 Å². The van der Waals surface area contributed by atoms with Crippen LogP contribution >= 0.6 is 11.6 Å². The fraction of sp³-hybridized carbons (Fsp3) is 0.0667. The zero-order valence-electron chi connectivity index (χ0n) is 14.7. The Bertz CT molecular complexity index is 884. The molecule has 0 saturated carbocycles. The van der Waals surface area contributed by atoms with Crippen LogP contribution in [0.4, 0.5) is 5.69 Å². The summed E-state index contributed by atoms with van der Waals surface area (Å²) >= 11 is 6.02. The standard InChI is InChI=1S/C15H11ClN2O/c16-11-6-7-13-12(8-11)15(17-9-14(19)18-13)10-4-2-1-3-5-10/h1-8H,9H2,(H,18,19)/i1D,2D,3D,4D,5D. The minimum atomic E-state index is -0.483. The molecule has 2 aromatic rings. The molecule has 0 atom stereocenters. The molecule has 4 heteroatoms. The van der Waals surface area contributed by atoms with Crippen LogP contribution in [-0.4, -0.2) is 18.2 Å². The summed E-state index contributed by atoms with van der Waals surface area (Å²) in [7, 11) is 0. The van der Waals surface area contributed by atoms with Gasteiger partial charge in [-0.15, -0.1) is 0 Å². The number of rotatable bonds is 1. The van der Waals surface area contributed by atoms with Crippen molar-refractivity contribution in [3.63, 3.8) is 0 Å². The lowest BCUT2D eigenvalue weighted by atomic mass is 10.0. The number of nitrogens with one attached hydrogen (secondary N) is 1. The molecular formula is C15H11ClN2O. The molecule has 1 heterocycles. The predicted molar refractivity (Wildman–Crippen MR) is 77.0 cm³/mol.